The summed E-state index contributed by atoms with van der Waals surface area (Å²) in [5, 5.41) is 9.50. The third-order valence-corrected chi connectivity index (χ3v) is 0.648. The van der Waals surface area contributed by atoms with Crippen LogP contribution in [0, 0.1) is 0 Å². The van der Waals surface area contributed by atoms with Gasteiger partial charge in [-0.3, -0.25) is 0 Å². The van der Waals surface area contributed by atoms with Gasteiger partial charge in [0.2, 0.25) is 0 Å². The van der Waals surface area contributed by atoms with E-state index >= 15 is 0 Å². The molecule has 0 bridgehead atoms. The first-order valence-electron chi connectivity index (χ1n) is 1.83. The molecule has 0 saturated heterocycles. The van der Waals surface area contributed by atoms with E-state index < -0.39 is 6.16 Å². The van der Waals surface area contributed by atoms with Crippen LogP contribution in [0.25, 0.3) is 0 Å². The van der Waals surface area contributed by atoms with Gasteiger partial charge in [-0.05, 0) is 0 Å². The Hall–Kier alpha value is 1.61. The molecule has 0 fully saturated rings. The quantitative estimate of drug-likeness (QED) is 0.207. The monoisotopic (exact) mass is 192 g/mol. The van der Waals surface area contributed by atoms with Gasteiger partial charge in [0.1, 0.15) is 0 Å². The molecule has 6 heteroatoms. The number of carbonyl (C=O) groups is 1. The Bertz CT molecular complexity index is 87.1. The van der Waals surface area contributed by atoms with Crippen LogP contribution in [-0.2, 0) is 4.74 Å². The minimum absolute atomic E-state index is 0. The number of carboxylic acid groups (broad SMARTS) is 1. The second kappa shape index (κ2) is 7.71. The molecule has 0 spiro atoms. The second-order valence-electron chi connectivity index (χ2n) is 1.04. The first-order chi connectivity index (χ1) is 3.63. The van der Waals surface area contributed by atoms with Crippen LogP contribution in [0.1, 0.15) is 0 Å². The Labute approximate surface area is 107 Å². The summed E-state index contributed by atoms with van der Waals surface area (Å²) >= 11 is 7.44. The predicted molar refractivity (Wildman–Crippen MR) is 33.1 cm³/mol. The number of rotatable bonds is 2. The van der Waals surface area contributed by atoms with E-state index in [2.05, 4.69) is 30.0 Å². The minimum Gasteiger partial charge on any atom is -0.548 e. The van der Waals surface area contributed by atoms with Crippen LogP contribution in [0.2, 0.25) is 0 Å². The standard InChI is InChI=1S/C3H6O3S2.K/c4-3(5)6-1-2(7)8;/h2,7-8H,1H2,(H,4,5);/q;+1/p-1. The van der Waals surface area contributed by atoms with Crippen molar-refractivity contribution in [3.63, 3.8) is 0 Å². The summed E-state index contributed by atoms with van der Waals surface area (Å²) in [6.45, 7) is -0.0471. The van der Waals surface area contributed by atoms with Gasteiger partial charge in [-0.2, -0.15) is 25.3 Å². The van der Waals surface area contributed by atoms with Crippen LogP contribution in [0.4, 0.5) is 4.79 Å². The molecule has 0 aliphatic heterocycles. The molecule has 0 aromatic carbocycles. The zero-order valence-corrected chi connectivity index (χ0v) is 9.82. The Balaban J connectivity index is 0. The fraction of sp³-hybridized carbons (Fsp3) is 0.667. The van der Waals surface area contributed by atoms with Gasteiger partial charge >= 0.3 is 51.4 Å². The molecule has 3 nitrogen and oxygen atoms in total. The second-order valence-corrected chi connectivity index (χ2v) is 2.70. The van der Waals surface area contributed by atoms with Crippen molar-refractivity contribution < 1.29 is 66.0 Å². The SMILES string of the molecule is O=C([O-])OCC(S)S.[K+]. The fourth-order valence-electron chi connectivity index (χ4n) is 0.143. The van der Waals surface area contributed by atoms with Gasteiger partial charge in [0.15, 0.2) is 0 Å². The first kappa shape index (κ1) is 13.2. The van der Waals surface area contributed by atoms with Crippen LogP contribution in [-0.4, -0.2) is 17.3 Å². The molecule has 9 heavy (non-hydrogen) atoms. The van der Waals surface area contributed by atoms with Crippen LogP contribution in [0.5, 0.6) is 0 Å². The summed E-state index contributed by atoms with van der Waals surface area (Å²) in [6.07, 6.45) is -1.54. The van der Waals surface area contributed by atoms with Gasteiger partial charge in [0.25, 0.3) is 6.16 Å². The molecule has 0 aromatic heterocycles. The zero-order valence-electron chi connectivity index (χ0n) is 4.90. The molecular weight excluding hydrogens is 187 g/mol. The predicted octanol–water partition coefficient (Wildman–Crippen LogP) is -3.46. The molecule has 0 aliphatic carbocycles. The summed E-state index contributed by atoms with van der Waals surface area (Å²) in [4.78, 5) is 9.50. The van der Waals surface area contributed by atoms with Crippen molar-refractivity contribution in [2.24, 2.45) is 0 Å². The normalized spacial score (nSPS) is 8.33. The summed E-state index contributed by atoms with van der Waals surface area (Å²) < 4.78 is 3.59. The van der Waals surface area contributed by atoms with Crippen LogP contribution < -0.4 is 56.5 Å². The van der Waals surface area contributed by atoms with E-state index in [1.54, 1.807) is 0 Å². The third-order valence-electron chi connectivity index (χ3n) is 0.350. The number of ether oxygens (including phenoxy) is 1. The maximum absolute atomic E-state index is 9.50. The molecule has 0 aromatic rings. The van der Waals surface area contributed by atoms with Crippen molar-refractivity contribution in [1.29, 1.82) is 0 Å². The van der Waals surface area contributed by atoms with E-state index in [1.807, 2.05) is 0 Å². The average molecular weight is 192 g/mol. The minimum atomic E-state index is -1.54. The summed E-state index contributed by atoms with van der Waals surface area (Å²) in [5.74, 6) is 0. The third kappa shape index (κ3) is 12.7. The largest absolute Gasteiger partial charge is 1.00 e. The van der Waals surface area contributed by atoms with Gasteiger partial charge in [0, 0.05) is 6.61 Å². The molecule has 0 N–H and O–H groups in total. The Morgan fingerprint density at radius 2 is 2.11 bits per heavy atom. The molecule has 0 heterocycles. The number of hydrogen-bond donors (Lipinski definition) is 2. The molecule has 48 valence electrons. The molecule has 0 rings (SSSR count). The van der Waals surface area contributed by atoms with Crippen molar-refractivity contribution in [3.05, 3.63) is 0 Å². The number of hydrogen-bond acceptors (Lipinski definition) is 5. The van der Waals surface area contributed by atoms with E-state index in [4.69, 9.17) is 0 Å². The fourth-order valence-corrected chi connectivity index (χ4v) is 0.292. The van der Waals surface area contributed by atoms with E-state index in [0.717, 1.165) is 0 Å². The Morgan fingerprint density at radius 1 is 1.67 bits per heavy atom. The molecule has 0 saturated carbocycles. The van der Waals surface area contributed by atoms with Crippen molar-refractivity contribution in [2.45, 2.75) is 4.58 Å². The summed E-state index contributed by atoms with van der Waals surface area (Å²) in [5.41, 5.74) is 0. The number of thiol groups is 2. The van der Waals surface area contributed by atoms with Crippen molar-refractivity contribution in [2.75, 3.05) is 6.61 Å². The van der Waals surface area contributed by atoms with Gasteiger partial charge in [-0.25, -0.2) is 0 Å². The van der Waals surface area contributed by atoms with E-state index in [1.165, 1.54) is 0 Å². The van der Waals surface area contributed by atoms with Gasteiger partial charge < -0.3 is 14.6 Å². The van der Waals surface area contributed by atoms with Crippen molar-refractivity contribution >= 4 is 31.4 Å². The van der Waals surface area contributed by atoms with Crippen molar-refractivity contribution in [3.8, 4) is 0 Å². The molecule has 0 unspecified atom stereocenters. The molecule has 0 radical (unpaired) electrons. The Kier molecular flexibility index (Phi) is 11.3. The maximum Gasteiger partial charge on any atom is 1.00 e. The maximum atomic E-state index is 9.50. The van der Waals surface area contributed by atoms with Crippen LogP contribution >= 0.6 is 25.3 Å². The van der Waals surface area contributed by atoms with Gasteiger partial charge in [-0.15, -0.1) is 0 Å². The summed E-state index contributed by atoms with van der Waals surface area (Å²) in [7, 11) is 0. The van der Waals surface area contributed by atoms with E-state index in [9.17, 15) is 9.90 Å². The summed E-state index contributed by atoms with van der Waals surface area (Å²) in [6, 6.07) is 0. The van der Waals surface area contributed by atoms with Crippen molar-refractivity contribution in [1.82, 2.24) is 0 Å². The van der Waals surface area contributed by atoms with Gasteiger partial charge in [0.05, 0.1) is 4.58 Å². The van der Waals surface area contributed by atoms with Crippen LogP contribution in [0.3, 0.4) is 0 Å². The topological polar surface area (TPSA) is 49.4 Å². The average Bonchev–Trinajstić information content (AvgIpc) is 1.61. The van der Waals surface area contributed by atoms with E-state index in [0.29, 0.717) is 0 Å². The van der Waals surface area contributed by atoms with Crippen LogP contribution in [0.15, 0.2) is 0 Å². The zero-order chi connectivity index (χ0) is 6.57. The number of carbonyl (C=O) groups excluding carboxylic acids is 1. The van der Waals surface area contributed by atoms with E-state index in [-0.39, 0.29) is 62.6 Å². The van der Waals surface area contributed by atoms with Gasteiger partial charge in [-0.1, -0.05) is 0 Å². The smallest absolute Gasteiger partial charge is 0.548 e. The Morgan fingerprint density at radius 3 is 2.22 bits per heavy atom. The molecule has 0 amide bonds. The molecular formula is C3H5KO3S2. The molecule has 0 aliphatic rings. The molecule has 0 atom stereocenters. The first-order valence-corrected chi connectivity index (χ1v) is 2.86.